The van der Waals surface area contributed by atoms with Crippen LogP contribution < -0.4 is 9.47 Å². The van der Waals surface area contributed by atoms with E-state index in [2.05, 4.69) is 13.8 Å². The molecule has 7 heteroatoms. The van der Waals surface area contributed by atoms with Crippen LogP contribution in [-0.2, 0) is 9.45 Å². The van der Waals surface area contributed by atoms with Gasteiger partial charge in [0.05, 0.1) is 13.2 Å². The third-order valence-electron chi connectivity index (χ3n) is 6.63. The van der Waals surface area contributed by atoms with Crippen molar-refractivity contribution in [1.29, 1.82) is 0 Å². The third kappa shape index (κ3) is 9.72. The lowest BCUT2D eigenvalue weighted by atomic mass is 9.79. The minimum atomic E-state index is -3.03. The van der Waals surface area contributed by atoms with E-state index in [-0.39, 0.29) is 17.1 Å². The highest BCUT2D eigenvalue weighted by Gasteiger charge is 2.31. The van der Waals surface area contributed by atoms with Crippen molar-refractivity contribution in [2.45, 2.75) is 71.6 Å². The number of hydrogen-bond acceptors (Lipinski definition) is 4. The predicted octanol–water partition coefficient (Wildman–Crippen LogP) is 8.74. The lowest BCUT2D eigenvalue weighted by molar-refractivity contribution is -0.114. The molecule has 2 aromatic rings. The number of hydrogen-bond donors (Lipinski definition) is 0. The normalized spacial score (nSPS) is 15.3. The van der Waals surface area contributed by atoms with Crippen LogP contribution in [0, 0.1) is 0 Å². The maximum atomic E-state index is 13.3. The summed E-state index contributed by atoms with van der Waals surface area (Å²) in [6.45, 7) is 7.00. The minimum absolute atomic E-state index is 0.0821. The molecule has 208 valence electrons. The van der Waals surface area contributed by atoms with Crippen molar-refractivity contribution in [2.24, 2.45) is 0 Å². The van der Waals surface area contributed by atoms with E-state index in [1.807, 2.05) is 60.7 Å². The zero-order chi connectivity index (χ0) is 28.0. The number of benzene rings is 2. The second-order valence-electron chi connectivity index (χ2n) is 9.77. The first-order valence-electron chi connectivity index (χ1n) is 14.0. The van der Waals surface area contributed by atoms with Crippen LogP contribution in [0.2, 0.25) is 0 Å². The summed E-state index contributed by atoms with van der Waals surface area (Å²) in [7, 11) is -3.03. The van der Waals surface area contributed by atoms with E-state index < -0.39 is 13.4 Å². The summed E-state index contributed by atoms with van der Waals surface area (Å²) in [5.74, 6) is 0.754. The smallest absolute Gasteiger partial charge is 0.505 e. The number of unbranched alkanes of at least 4 members (excludes halogenated alkanes) is 4. The molecule has 0 spiro atoms. The van der Waals surface area contributed by atoms with E-state index >= 15 is 0 Å². The summed E-state index contributed by atoms with van der Waals surface area (Å²) in [5, 5.41) is 0. The maximum absolute atomic E-state index is 13.3. The monoisotopic (exact) mass is 536 g/mol. The molecule has 0 fully saturated rings. The largest absolute Gasteiger partial charge is 0.796 e. The molecule has 1 aliphatic carbocycles. The fourth-order valence-corrected chi connectivity index (χ4v) is 4.62. The Morgan fingerprint density at radius 1 is 0.923 bits per heavy atom. The summed E-state index contributed by atoms with van der Waals surface area (Å²) < 4.78 is 43.2. The SMILES string of the molecule is CCCCCOc1ccc([C@@H]2CC(/C=C\c3cccc(OCCCCC)c3)=CC(OB(F)F)=C2C(C)=O)cc1. The van der Waals surface area contributed by atoms with Gasteiger partial charge in [-0.3, -0.25) is 4.79 Å². The fourth-order valence-electron chi connectivity index (χ4n) is 4.62. The Kier molecular flexibility index (Phi) is 12.3. The molecule has 0 aromatic heterocycles. The molecule has 3 rings (SSSR count). The van der Waals surface area contributed by atoms with Gasteiger partial charge in [0, 0.05) is 11.5 Å². The number of halogens is 2. The van der Waals surface area contributed by atoms with E-state index in [1.54, 1.807) is 6.08 Å². The molecule has 0 radical (unpaired) electrons. The van der Waals surface area contributed by atoms with Crippen molar-refractivity contribution in [3.8, 4) is 11.5 Å². The number of carbonyl (C=O) groups excluding carboxylic acids is 1. The Labute approximate surface area is 232 Å². The molecule has 0 heterocycles. The highest BCUT2D eigenvalue weighted by Crippen LogP contribution is 2.39. The highest BCUT2D eigenvalue weighted by molar-refractivity contribution is 6.35. The maximum Gasteiger partial charge on any atom is 0.796 e. The van der Waals surface area contributed by atoms with E-state index in [9.17, 15) is 13.4 Å². The second-order valence-corrected chi connectivity index (χ2v) is 9.77. The standard InChI is InChI=1S/C32H39BF2O4/c1-4-6-8-19-37-28-17-15-27(16-18-28)30-22-26(23-31(39-33(34)35)32(30)24(3)36)14-13-25-11-10-12-29(21-25)38-20-9-7-5-2/h10-18,21,23,30H,4-9,19-20,22H2,1-3H3/b14-13-/t30-/m0/s1. The molecule has 4 nitrogen and oxygen atoms in total. The molecule has 0 saturated heterocycles. The Balaban J connectivity index is 1.82. The molecule has 0 aliphatic heterocycles. The van der Waals surface area contributed by atoms with Crippen molar-refractivity contribution >= 4 is 19.3 Å². The summed E-state index contributed by atoms with van der Waals surface area (Å²) in [5.41, 5.74) is 2.82. The Morgan fingerprint density at radius 2 is 1.59 bits per heavy atom. The van der Waals surface area contributed by atoms with Crippen molar-refractivity contribution in [1.82, 2.24) is 0 Å². The van der Waals surface area contributed by atoms with Gasteiger partial charge in [-0.15, -0.1) is 0 Å². The van der Waals surface area contributed by atoms with Gasteiger partial charge in [0.15, 0.2) is 5.78 Å². The van der Waals surface area contributed by atoms with Crippen molar-refractivity contribution in [2.75, 3.05) is 13.2 Å². The quantitative estimate of drug-likeness (QED) is 0.159. The number of carbonyl (C=O) groups is 1. The van der Waals surface area contributed by atoms with Crippen LogP contribution in [0.1, 0.15) is 82.8 Å². The van der Waals surface area contributed by atoms with E-state index in [4.69, 9.17) is 14.1 Å². The summed E-state index contributed by atoms with van der Waals surface area (Å²) in [6.07, 6.45) is 12.3. The molecular weight excluding hydrogens is 497 g/mol. The van der Waals surface area contributed by atoms with Crippen molar-refractivity contribution < 1.29 is 27.6 Å². The zero-order valence-electron chi connectivity index (χ0n) is 23.3. The predicted molar refractivity (Wildman–Crippen MR) is 154 cm³/mol. The third-order valence-corrected chi connectivity index (χ3v) is 6.63. The van der Waals surface area contributed by atoms with Gasteiger partial charge >= 0.3 is 7.47 Å². The van der Waals surface area contributed by atoms with Crippen LogP contribution in [0.4, 0.5) is 8.63 Å². The van der Waals surface area contributed by atoms with Gasteiger partial charge < -0.3 is 14.1 Å². The van der Waals surface area contributed by atoms with Gasteiger partial charge in [-0.1, -0.05) is 75.9 Å². The van der Waals surface area contributed by atoms with Crippen LogP contribution in [0.3, 0.4) is 0 Å². The molecule has 0 bridgehead atoms. The molecule has 0 saturated carbocycles. The average molecular weight is 536 g/mol. The number of ether oxygens (including phenoxy) is 2. The first-order chi connectivity index (χ1) is 18.9. The first kappa shape index (κ1) is 30.2. The van der Waals surface area contributed by atoms with Gasteiger partial charge in [0.2, 0.25) is 0 Å². The van der Waals surface area contributed by atoms with Gasteiger partial charge in [-0.25, -0.2) is 8.63 Å². The van der Waals surface area contributed by atoms with Gasteiger partial charge in [0.1, 0.15) is 17.3 Å². The topological polar surface area (TPSA) is 44.8 Å². The number of Topliss-reactive ketones (excluding diaryl/α,β-unsaturated/α-hetero) is 1. The van der Waals surface area contributed by atoms with E-state index in [0.717, 1.165) is 66.7 Å². The van der Waals surface area contributed by atoms with Gasteiger partial charge in [-0.05, 0) is 73.2 Å². The fraction of sp³-hybridized carbons (Fsp3) is 0.406. The van der Waals surface area contributed by atoms with Crippen LogP contribution in [0.5, 0.6) is 11.5 Å². The van der Waals surface area contributed by atoms with Crippen molar-refractivity contribution in [3.63, 3.8) is 0 Å². The molecule has 0 N–H and O–H groups in total. The lowest BCUT2D eigenvalue weighted by Crippen LogP contribution is -2.19. The summed E-state index contributed by atoms with van der Waals surface area (Å²) >= 11 is 0. The van der Waals surface area contributed by atoms with Crippen molar-refractivity contribution in [3.05, 3.63) is 88.7 Å². The van der Waals surface area contributed by atoms with Crippen LogP contribution >= 0.6 is 0 Å². The van der Waals surface area contributed by atoms with Gasteiger partial charge in [-0.2, -0.15) is 0 Å². The Morgan fingerprint density at radius 3 is 2.21 bits per heavy atom. The van der Waals surface area contributed by atoms with Crippen LogP contribution in [0.15, 0.2) is 77.6 Å². The van der Waals surface area contributed by atoms with Gasteiger partial charge in [0.25, 0.3) is 0 Å². The average Bonchev–Trinajstić information content (AvgIpc) is 2.92. The molecular formula is C32H39BF2O4. The molecule has 39 heavy (non-hydrogen) atoms. The zero-order valence-corrected chi connectivity index (χ0v) is 23.3. The molecule has 0 unspecified atom stereocenters. The van der Waals surface area contributed by atoms with E-state index in [0.29, 0.717) is 19.6 Å². The number of ketones is 1. The molecule has 2 aromatic carbocycles. The molecule has 1 aliphatic rings. The van der Waals surface area contributed by atoms with Crippen LogP contribution in [-0.4, -0.2) is 26.5 Å². The first-order valence-corrected chi connectivity index (χ1v) is 14.0. The second kappa shape index (κ2) is 15.9. The summed E-state index contributed by atoms with van der Waals surface area (Å²) in [4.78, 5) is 12.6. The highest BCUT2D eigenvalue weighted by atomic mass is 19.2. The number of allylic oxidation sites excluding steroid dienone is 4. The Bertz CT molecular complexity index is 1160. The minimum Gasteiger partial charge on any atom is -0.505 e. The lowest BCUT2D eigenvalue weighted by Gasteiger charge is -2.27. The van der Waals surface area contributed by atoms with E-state index in [1.165, 1.54) is 6.92 Å². The Hall–Kier alpha value is -3.35. The van der Waals surface area contributed by atoms with Crippen LogP contribution in [0.25, 0.3) is 6.08 Å². The number of rotatable bonds is 16. The summed E-state index contributed by atoms with van der Waals surface area (Å²) in [6, 6.07) is 15.3. The molecule has 1 atom stereocenters. The molecule has 0 amide bonds.